The van der Waals surface area contributed by atoms with Crippen molar-refractivity contribution in [2.75, 3.05) is 11.9 Å². The molecule has 2 nitrogen and oxygen atoms in total. The second-order valence-corrected chi connectivity index (χ2v) is 7.00. The molecule has 0 saturated carbocycles. The van der Waals surface area contributed by atoms with Gasteiger partial charge in [-0.3, -0.25) is 4.79 Å². The van der Waals surface area contributed by atoms with Gasteiger partial charge in [0.1, 0.15) is 0 Å². The molecule has 0 spiro atoms. The molecule has 0 bridgehead atoms. The largest absolute Gasteiger partial charge is 0.334 e. The first-order valence-electron chi connectivity index (χ1n) is 7.19. The molecule has 1 aromatic heterocycles. The molecule has 0 saturated heterocycles. The van der Waals surface area contributed by atoms with Crippen molar-refractivity contribution in [2.45, 2.75) is 52.0 Å². The summed E-state index contributed by atoms with van der Waals surface area (Å²) in [6.45, 7) is 5.13. The van der Waals surface area contributed by atoms with E-state index in [2.05, 4.69) is 40.7 Å². The number of hydrogen-bond donors (Lipinski definition) is 0. The topological polar surface area (TPSA) is 20.3 Å². The van der Waals surface area contributed by atoms with E-state index in [4.69, 9.17) is 0 Å². The van der Waals surface area contributed by atoms with E-state index >= 15 is 0 Å². The Morgan fingerprint density at radius 1 is 1.42 bits per heavy atom. The minimum absolute atomic E-state index is 0.229. The fourth-order valence-electron chi connectivity index (χ4n) is 2.85. The molecular weight excluding hydrogens is 322 g/mol. The summed E-state index contributed by atoms with van der Waals surface area (Å²) < 4.78 is 0. The van der Waals surface area contributed by atoms with Crippen LogP contribution < -0.4 is 0 Å². The predicted molar refractivity (Wildman–Crippen MR) is 85.5 cm³/mol. The fraction of sp³-hybridized carbons (Fsp3) is 0.667. The molecule has 1 heterocycles. The third-order valence-electron chi connectivity index (χ3n) is 3.93. The Morgan fingerprint density at radius 3 is 2.74 bits per heavy atom. The summed E-state index contributed by atoms with van der Waals surface area (Å²) in [6.07, 6.45) is 5.63. The van der Waals surface area contributed by atoms with Crippen molar-refractivity contribution in [3.8, 4) is 0 Å². The van der Waals surface area contributed by atoms with E-state index < -0.39 is 0 Å². The zero-order valence-electron chi connectivity index (χ0n) is 11.7. The summed E-state index contributed by atoms with van der Waals surface area (Å²) in [5.41, 5.74) is 1.41. The monoisotopic (exact) mass is 343 g/mol. The highest BCUT2D eigenvalue weighted by Gasteiger charge is 2.25. The van der Waals surface area contributed by atoms with Gasteiger partial charge in [0.15, 0.2) is 0 Å². The summed E-state index contributed by atoms with van der Waals surface area (Å²) in [7, 11) is 0. The van der Waals surface area contributed by atoms with Gasteiger partial charge in [0.25, 0.3) is 5.91 Å². The van der Waals surface area contributed by atoms with Crippen LogP contribution in [0.4, 0.5) is 0 Å². The number of nitrogens with zero attached hydrogens (tertiary/aromatic N) is 1. The average Bonchev–Trinajstić information content (AvgIpc) is 2.99. The number of hydrogen-bond acceptors (Lipinski definition) is 2. The van der Waals surface area contributed by atoms with Crippen LogP contribution in [0.2, 0.25) is 0 Å². The van der Waals surface area contributed by atoms with Crippen LogP contribution in [0.25, 0.3) is 0 Å². The first-order chi connectivity index (χ1) is 9.21. The van der Waals surface area contributed by atoms with E-state index in [0.29, 0.717) is 6.04 Å². The smallest absolute Gasteiger partial charge is 0.264 e. The van der Waals surface area contributed by atoms with Crippen molar-refractivity contribution >= 4 is 33.2 Å². The van der Waals surface area contributed by atoms with Gasteiger partial charge in [-0.05, 0) is 43.7 Å². The molecule has 1 amide bonds. The van der Waals surface area contributed by atoms with Crippen LogP contribution >= 0.6 is 27.3 Å². The van der Waals surface area contributed by atoms with Gasteiger partial charge < -0.3 is 4.90 Å². The zero-order chi connectivity index (χ0) is 13.8. The van der Waals surface area contributed by atoms with Gasteiger partial charge in [-0.15, -0.1) is 11.3 Å². The van der Waals surface area contributed by atoms with Crippen molar-refractivity contribution in [1.29, 1.82) is 0 Å². The Kier molecular flexibility index (Phi) is 5.46. The van der Waals surface area contributed by atoms with Gasteiger partial charge in [-0.2, -0.15) is 0 Å². The maximum absolute atomic E-state index is 12.7. The SMILES string of the molecule is CCC(CC)N(CCBr)C(=O)c1cc2c(s1)CCC2. The molecule has 4 heteroatoms. The van der Waals surface area contributed by atoms with Gasteiger partial charge in [-0.25, -0.2) is 0 Å². The highest BCUT2D eigenvalue weighted by molar-refractivity contribution is 9.09. The Balaban J connectivity index is 2.18. The molecule has 1 aromatic rings. The molecule has 0 radical (unpaired) electrons. The molecule has 2 rings (SSSR count). The Morgan fingerprint density at radius 2 is 2.16 bits per heavy atom. The molecule has 0 atom stereocenters. The Hall–Kier alpha value is -0.350. The second-order valence-electron chi connectivity index (χ2n) is 5.07. The van der Waals surface area contributed by atoms with Crippen molar-refractivity contribution in [3.63, 3.8) is 0 Å². The standard InChI is InChI=1S/C15H22BrNOS/c1-3-12(4-2)17(9-8-16)15(18)14-10-11-6-5-7-13(11)19-14/h10,12H,3-9H2,1-2H3. The van der Waals surface area contributed by atoms with Crippen LogP contribution in [0.15, 0.2) is 6.07 Å². The minimum Gasteiger partial charge on any atom is -0.334 e. The second kappa shape index (κ2) is 6.89. The number of thiophene rings is 1. The first-order valence-corrected chi connectivity index (χ1v) is 9.13. The van der Waals surface area contributed by atoms with E-state index in [-0.39, 0.29) is 5.91 Å². The number of halogens is 1. The number of alkyl halides is 1. The molecule has 1 aliphatic carbocycles. The minimum atomic E-state index is 0.229. The number of rotatable bonds is 6. The van der Waals surface area contributed by atoms with Crippen LogP contribution in [-0.2, 0) is 12.8 Å². The molecule has 0 aliphatic heterocycles. The lowest BCUT2D eigenvalue weighted by molar-refractivity contribution is 0.0688. The molecule has 0 fully saturated rings. The molecule has 0 N–H and O–H groups in total. The first kappa shape index (κ1) is 15.0. The van der Waals surface area contributed by atoms with Gasteiger partial charge in [0.2, 0.25) is 0 Å². The van der Waals surface area contributed by atoms with Crippen LogP contribution in [0.5, 0.6) is 0 Å². The third-order valence-corrected chi connectivity index (χ3v) is 5.51. The maximum atomic E-state index is 12.7. The number of amides is 1. The summed E-state index contributed by atoms with van der Waals surface area (Å²) in [5, 5.41) is 0.848. The Bertz CT molecular complexity index is 418. The molecule has 19 heavy (non-hydrogen) atoms. The Labute approximate surface area is 128 Å². The fourth-order valence-corrected chi connectivity index (χ4v) is 4.44. The van der Waals surface area contributed by atoms with Gasteiger partial charge in [0.05, 0.1) is 4.88 Å². The van der Waals surface area contributed by atoms with Crippen molar-refractivity contribution in [3.05, 3.63) is 21.4 Å². The van der Waals surface area contributed by atoms with Gasteiger partial charge in [0, 0.05) is 22.8 Å². The summed E-state index contributed by atoms with van der Waals surface area (Å²) in [4.78, 5) is 17.1. The van der Waals surface area contributed by atoms with Crippen LogP contribution in [-0.4, -0.2) is 28.7 Å². The van der Waals surface area contributed by atoms with Crippen molar-refractivity contribution < 1.29 is 4.79 Å². The predicted octanol–water partition coefficient (Wildman–Crippen LogP) is 4.26. The summed E-state index contributed by atoms with van der Waals surface area (Å²) >= 11 is 5.19. The van der Waals surface area contributed by atoms with E-state index in [1.807, 2.05) is 0 Å². The number of fused-ring (bicyclic) bond motifs is 1. The van der Waals surface area contributed by atoms with Gasteiger partial charge >= 0.3 is 0 Å². The highest BCUT2D eigenvalue weighted by Crippen LogP contribution is 2.31. The molecule has 0 unspecified atom stereocenters. The number of aryl methyl sites for hydroxylation is 2. The summed E-state index contributed by atoms with van der Waals surface area (Å²) in [6, 6.07) is 2.50. The van der Waals surface area contributed by atoms with Crippen LogP contribution in [0, 0.1) is 0 Å². The summed E-state index contributed by atoms with van der Waals surface area (Å²) in [5.74, 6) is 0.229. The zero-order valence-corrected chi connectivity index (χ0v) is 14.1. The van der Waals surface area contributed by atoms with Crippen molar-refractivity contribution in [1.82, 2.24) is 4.90 Å². The van der Waals surface area contributed by atoms with E-state index in [9.17, 15) is 4.79 Å². The molecular formula is C15H22BrNOS. The normalized spacial score (nSPS) is 13.9. The van der Waals surface area contributed by atoms with E-state index in [1.54, 1.807) is 11.3 Å². The lowest BCUT2D eigenvalue weighted by atomic mass is 10.1. The van der Waals surface area contributed by atoms with Crippen LogP contribution in [0.3, 0.4) is 0 Å². The third kappa shape index (κ3) is 3.22. The van der Waals surface area contributed by atoms with Crippen LogP contribution in [0.1, 0.15) is 53.2 Å². The van der Waals surface area contributed by atoms with Gasteiger partial charge in [-0.1, -0.05) is 29.8 Å². The quantitative estimate of drug-likeness (QED) is 0.706. The lowest BCUT2D eigenvalue weighted by Crippen LogP contribution is -2.40. The lowest BCUT2D eigenvalue weighted by Gasteiger charge is -2.29. The molecule has 0 aromatic carbocycles. The highest BCUT2D eigenvalue weighted by atomic mass is 79.9. The number of carbonyl (C=O) groups is 1. The van der Waals surface area contributed by atoms with Crippen molar-refractivity contribution in [2.24, 2.45) is 0 Å². The van der Waals surface area contributed by atoms with E-state index in [1.165, 1.54) is 16.9 Å². The average molecular weight is 344 g/mol. The molecule has 1 aliphatic rings. The maximum Gasteiger partial charge on any atom is 0.264 e. The molecule has 106 valence electrons. The number of carbonyl (C=O) groups excluding carboxylic acids is 1. The van der Waals surface area contributed by atoms with E-state index in [0.717, 1.165) is 42.4 Å².